The lowest BCUT2D eigenvalue weighted by molar-refractivity contribution is -0.117. The maximum absolute atomic E-state index is 12.1. The van der Waals surface area contributed by atoms with Crippen molar-refractivity contribution < 1.29 is 19.1 Å². The van der Waals surface area contributed by atoms with Crippen molar-refractivity contribution in [1.82, 2.24) is 0 Å². The smallest absolute Gasteiger partial charge is 0.337 e. The van der Waals surface area contributed by atoms with Crippen LogP contribution in [-0.4, -0.2) is 38.5 Å². The zero-order valence-electron chi connectivity index (χ0n) is 11.4. The van der Waals surface area contributed by atoms with Crippen molar-refractivity contribution in [2.45, 2.75) is 6.42 Å². The number of anilines is 1. The summed E-state index contributed by atoms with van der Waals surface area (Å²) in [4.78, 5) is 25.3. The molecule has 1 saturated heterocycles. The molecule has 1 unspecified atom stereocenters. The van der Waals surface area contributed by atoms with E-state index in [0.29, 0.717) is 35.8 Å². The molecule has 1 aliphatic rings. The molecule has 1 aromatic carbocycles. The molecular formula is C14H16ClNO4. The van der Waals surface area contributed by atoms with Crippen LogP contribution in [0, 0.1) is 5.92 Å². The molecule has 0 N–H and O–H groups in total. The number of amides is 1. The molecule has 1 fully saturated rings. The lowest BCUT2D eigenvalue weighted by Gasteiger charge is -2.20. The van der Waals surface area contributed by atoms with Crippen LogP contribution in [0.1, 0.15) is 16.8 Å². The lowest BCUT2D eigenvalue weighted by atomic mass is 10.1. The number of carbonyl (C=O) groups is 2. The maximum Gasteiger partial charge on any atom is 0.337 e. The second-order valence-corrected chi connectivity index (χ2v) is 4.92. The summed E-state index contributed by atoms with van der Waals surface area (Å²) in [5, 5.41) is 0. The molecule has 1 amide bonds. The van der Waals surface area contributed by atoms with Gasteiger partial charge >= 0.3 is 5.97 Å². The number of nitrogens with zero attached hydrogens (tertiary/aromatic N) is 1. The van der Waals surface area contributed by atoms with Crippen LogP contribution >= 0.6 is 11.6 Å². The third-order valence-electron chi connectivity index (χ3n) is 3.31. The van der Waals surface area contributed by atoms with Gasteiger partial charge in [-0.15, -0.1) is 11.6 Å². The zero-order valence-corrected chi connectivity index (χ0v) is 12.1. The minimum atomic E-state index is -0.450. The van der Waals surface area contributed by atoms with E-state index in [1.807, 2.05) is 0 Å². The van der Waals surface area contributed by atoms with Crippen LogP contribution in [-0.2, 0) is 9.53 Å². The SMILES string of the molecule is COC(=O)c1ccc(OC)c(N2CC(CCl)CC2=O)c1. The standard InChI is InChI=1S/C14H16ClNO4/c1-19-12-4-3-10(14(18)20-2)6-11(12)16-8-9(7-15)5-13(16)17/h3-4,6,9H,5,7-8H2,1-2H3. The Bertz CT molecular complexity index is 532. The minimum absolute atomic E-state index is 0.0176. The van der Waals surface area contributed by atoms with E-state index in [1.54, 1.807) is 23.1 Å². The summed E-state index contributed by atoms with van der Waals surface area (Å²) in [6, 6.07) is 4.87. The Labute approximate surface area is 122 Å². The van der Waals surface area contributed by atoms with E-state index in [1.165, 1.54) is 14.2 Å². The summed E-state index contributed by atoms with van der Waals surface area (Å²) in [5.41, 5.74) is 0.957. The van der Waals surface area contributed by atoms with Gasteiger partial charge in [0.15, 0.2) is 0 Å². The summed E-state index contributed by atoms with van der Waals surface area (Å²) in [6.07, 6.45) is 0.412. The number of esters is 1. The molecule has 0 aromatic heterocycles. The maximum atomic E-state index is 12.1. The molecule has 1 aromatic rings. The number of hydrogen-bond acceptors (Lipinski definition) is 4. The summed E-state index contributed by atoms with van der Waals surface area (Å²) < 4.78 is 9.96. The summed E-state index contributed by atoms with van der Waals surface area (Å²) in [6.45, 7) is 0.531. The monoisotopic (exact) mass is 297 g/mol. The van der Waals surface area contributed by atoms with E-state index in [9.17, 15) is 9.59 Å². The molecule has 1 heterocycles. The number of halogens is 1. The van der Waals surface area contributed by atoms with Crippen molar-refractivity contribution in [3.05, 3.63) is 23.8 Å². The quantitative estimate of drug-likeness (QED) is 0.631. The van der Waals surface area contributed by atoms with E-state index in [-0.39, 0.29) is 11.8 Å². The average Bonchev–Trinajstić information content (AvgIpc) is 2.86. The fourth-order valence-electron chi connectivity index (χ4n) is 2.26. The van der Waals surface area contributed by atoms with Gasteiger partial charge in [-0.25, -0.2) is 4.79 Å². The highest BCUT2D eigenvalue weighted by molar-refractivity contribution is 6.18. The van der Waals surface area contributed by atoms with Crippen LogP contribution in [0.25, 0.3) is 0 Å². The molecule has 0 bridgehead atoms. The number of carbonyl (C=O) groups excluding carboxylic acids is 2. The molecule has 0 spiro atoms. The molecule has 20 heavy (non-hydrogen) atoms. The summed E-state index contributed by atoms with van der Waals surface area (Å²) in [7, 11) is 2.84. The first-order valence-electron chi connectivity index (χ1n) is 6.23. The fourth-order valence-corrected chi connectivity index (χ4v) is 2.47. The number of ether oxygens (including phenoxy) is 2. The van der Waals surface area contributed by atoms with Crippen molar-refractivity contribution >= 4 is 29.2 Å². The van der Waals surface area contributed by atoms with Gasteiger partial charge in [0, 0.05) is 18.8 Å². The molecule has 0 aliphatic carbocycles. The number of benzene rings is 1. The topological polar surface area (TPSA) is 55.8 Å². The molecule has 1 aliphatic heterocycles. The Morgan fingerprint density at radius 1 is 1.45 bits per heavy atom. The molecule has 6 heteroatoms. The summed E-state index contributed by atoms with van der Waals surface area (Å²) in [5.74, 6) is 0.628. The second kappa shape index (κ2) is 6.13. The first-order valence-corrected chi connectivity index (χ1v) is 6.76. The Balaban J connectivity index is 2.38. The van der Waals surface area contributed by atoms with Gasteiger partial charge in [-0.3, -0.25) is 4.79 Å². The highest BCUT2D eigenvalue weighted by atomic mass is 35.5. The fraction of sp³-hybridized carbons (Fsp3) is 0.429. The molecule has 0 saturated carbocycles. The van der Waals surface area contributed by atoms with Crippen LogP contribution in [0.15, 0.2) is 18.2 Å². The van der Waals surface area contributed by atoms with Crippen LogP contribution in [0.2, 0.25) is 0 Å². The van der Waals surface area contributed by atoms with Crippen LogP contribution in [0.4, 0.5) is 5.69 Å². The van der Waals surface area contributed by atoms with Crippen molar-refractivity contribution in [1.29, 1.82) is 0 Å². The van der Waals surface area contributed by atoms with Gasteiger partial charge in [0.1, 0.15) is 5.75 Å². The first-order chi connectivity index (χ1) is 9.60. The molecule has 0 radical (unpaired) electrons. The van der Waals surface area contributed by atoms with Gasteiger partial charge in [-0.05, 0) is 24.1 Å². The Kier molecular flexibility index (Phi) is 4.49. The highest BCUT2D eigenvalue weighted by Gasteiger charge is 2.32. The minimum Gasteiger partial charge on any atom is -0.495 e. The summed E-state index contributed by atoms with van der Waals surface area (Å²) >= 11 is 5.82. The Hall–Kier alpha value is -1.75. The van der Waals surface area contributed by atoms with Gasteiger partial charge in [0.25, 0.3) is 0 Å². The predicted octanol–water partition coefficient (Wildman–Crippen LogP) is 2.07. The largest absolute Gasteiger partial charge is 0.495 e. The van der Waals surface area contributed by atoms with Gasteiger partial charge in [-0.2, -0.15) is 0 Å². The highest BCUT2D eigenvalue weighted by Crippen LogP contribution is 2.34. The first kappa shape index (κ1) is 14.7. The molecule has 5 nitrogen and oxygen atoms in total. The number of alkyl halides is 1. The van der Waals surface area contributed by atoms with Crippen molar-refractivity contribution in [2.75, 3.05) is 31.5 Å². The second-order valence-electron chi connectivity index (χ2n) is 4.61. The van der Waals surface area contributed by atoms with Gasteiger partial charge < -0.3 is 14.4 Å². The van der Waals surface area contributed by atoms with E-state index >= 15 is 0 Å². The third kappa shape index (κ3) is 2.72. The van der Waals surface area contributed by atoms with Crippen LogP contribution in [0.5, 0.6) is 5.75 Å². The number of rotatable bonds is 4. The Morgan fingerprint density at radius 2 is 2.20 bits per heavy atom. The van der Waals surface area contributed by atoms with Crippen molar-refractivity contribution in [2.24, 2.45) is 5.92 Å². The molecular weight excluding hydrogens is 282 g/mol. The number of hydrogen-bond donors (Lipinski definition) is 0. The molecule has 1 atom stereocenters. The lowest BCUT2D eigenvalue weighted by Crippen LogP contribution is -2.25. The van der Waals surface area contributed by atoms with Crippen molar-refractivity contribution in [3.63, 3.8) is 0 Å². The van der Waals surface area contributed by atoms with E-state index in [2.05, 4.69) is 0 Å². The predicted molar refractivity (Wildman–Crippen MR) is 75.5 cm³/mol. The van der Waals surface area contributed by atoms with Gasteiger partial charge in [-0.1, -0.05) is 0 Å². The normalized spacial score (nSPS) is 18.2. The van der Waals surface area contributed by atoms with E-state index < -0.39 is 5.97 Å². The van der Waals surface area contributed by atoms with Crippen molar-refractivity contribution in [3.8, 4) is 5.75 Å². The Morgan fingerprint density at radius 3 is 2.75 bits per heavy atom. The van der Waals surface area contributed by atoms with Gasteiger partial charge in [0.05, 0.1) is 25.5 Å². The van der Waals surface area contributed by atoms with Crippen LogP contribution in [0.3, 0.4) is 0 Å². The third-order valence-corrected chi connectivity index (χ3v) is 3.75. The van der Waals surface area contributed by atoms with Crippen LogP contribution < -0.4 is 9.64 Å². The van der Waals surface area contributed by atoms with E-state index in [4.69, 9.17) is 21.1 Å². The molecule has 2 rings (SSSR count). The van der Waals surface area contributed by atoms with E-state index in [0.717, 1.165) is 0 Å². The average molecular weight is 298 g/mol. The number of methoxy groups -OCH3 is 2. The van der Waals surface area contributed by atoms with Gasteiger partial charge in [0.2, 0.25) is 5.91 Å². The molecule has 108 valence electrons. The zero-order chi connectivity index (χ0) is 14.7.